The molecule has 0 spiro atoms. The number of amides is 1. The third-order valence-electron chi connectivity index (χ3n) is 4.34. The number of hydrogen-bond acceptors (Lipinski definition) is 4. The maximum atomic E-state index is 12.3. The second kappa shape index (κ2) is 13.3. The molecule has 0 atom stereocenters. The number of unbranched alkanes of at least 4 members (excludes halogenated alkanes) is 4. The maximum absolute atomic E-state index is 12.3. The second-order valence-electron chi connectivity index (χ2n) is 6.78. The zero-order chi connectivity index (χ0) is 20.7. The van der Waals surface area contributed by atoms with E-state index < -0.39 is 0 Å². The van der Waals surface area contributed by atoms with Crippen LogP contribution in [0.2, 0.25) is 0 Å². The topological polar surface area (TPSA) is 59.6 Å². The number of hydrogen-bond donors (Lipinski definition) is 2. The quantitative estimate of drug-likeness (QED) is 0.320. The molecule has 0 bridgehead atoms. The lowest BCUT2D eigenvalue weighted by Gasteiger charge is -2.12. The van der Waals surface area contributed by atoms with Gasteiger partial charge in [-0.05, 0) is 42.8 Å². The molecule has 0 aliphatic carbocycles. The Balaban J connectivity index is 1.73. The Bertz CT molecular complexity index is 744. The fourth-order valence-corrected chi connectivity index (χ4v) is 2.79. The van der Waals surface area contributed by atoms with Crippen LogP contribution >= 0.6 is 0 Å². The summed E-state index contributed by atoms with van der Waals surface area (Å²) in [7, 11) is 0. The predicted octanol–water partition coefficient (Wildman–Crippen LogP) is 5.65. The normalized spacial score (nSPS) is 10.2. The molecule has 0 fully saturated rings. The highest BCUT2D eigenvalue weighted by Crippen LogP contribution is 2.23. The van der Waals surface area contributed by atoms with E-state index in [0.29, 0.717) is 18.0 Å². The highest BCUT2D eigenvalue weighted by atomic mass is 16.5. The fraction of sp³-hybridized carbons (Fsp3) is 0.375. The van der Waals surface area contributed by atoms with Gasteiger partial charge in [0.25, 0.3) is 0 Å². The lowest BCUT2D eigenvalue weighted by molar-refractivity contribution is -0.114. The highest BCUT2D eigenvalue weighted by molar-refractivity contribution is 5.95. The maximum Gasteiger partial charge on any atom is 0.243 e. The molecule has 0 radical (unpaired) electrons. The van der Waals surface area contributed by atoms with Crippen molar-refractivity contribution >= 4 is 17.3 Å². The Morgan fingerprint density at radius 3 is 2.52 bits per heavy atom. The van der Waals surface area contributed by atoms with E-state index in [0.717, 1.165) is 24.5 Å². The molecule has 2 aromatic carbocycles. The van der Waals surface area contributed by atoms with E-state index in [9.17, 15) is 4.79 Å². The Morgan fingerprint density at radius 2 is 1.76 bits per heavy atom. The summed E-state index contributed by atoms with van der Waals surface area (Å²) in [5, 5.41) is 5.98. The number of ether oxygens (including phenoxy) is 2. The Labute approximate surface area is 174 Å². The molecule has 0 aromatic heterocycles. The largest absolute Gasteiger partial charge is 0.494 e. The van der Waals surface area contributed by atoms with Crippen LogP contribution in [0.5, 0.6) is 11.5 Å². The number of para-hydroxylation sites is 2. The van der Waals surface area contributed by atoms with Crippen molar-refractivity contribution in [1.29, 1.82) is 0 Å². The standard InChI is InChI=1S/C24H32N2O3/c1-3-5-6-7-10-18-28-21-15-13-20(14-16-21)25-19-24(27)26-22-11-8-9-12-23(22)29-17-4-2/h4,8-9,11-16,25H,2-3,5-7,10,17-19H2,1H3,(H,26,27). The van der Waals surface area contributed by atoms with E-state index in [1.807, 2.05) is 48.5 Å². The van der Waals surface area contributed by atoms with Gasteiger partial charge in [-0.15, -0.1) is 0 Å². The van der Waals surface area contributed by atoms with E-state index >= 15 is 0 Å². The van der Waals surface area contributed by atoms with Crippen molar-refractivity contribution in [2.45, 2.75) is 39.0 Å². The Morgan fingerprint density at radius 1 is 1.00 bits per heavy atom. The molecule has 0 unspecified atom stereocenters. The van der Waals surface area contributed by atoms with Gasteiger partial charge >= 0.3 is 0 Å². The van der Waals surface area contributed by atoms with Gasteiger partial charge in [-0.1, -0.05) is 57.4 Å². The van der Waals surface area contributed by atoms with Crippen LogP contribution in [-0.4, -0.2) is 25.7 Å². The van der Waals surface area contributed by atoms with Gasteiger partial charge in [-0.3, -0.25) is 4.79 Å². The van der Waals surface area contributed by atoms with Crippen LogP contribution in [0.25, 0.3) is 0 Å². The number of benzene rings is 2. The van der Waals surface area contributed by atoms with Crippen molar-refractivity contribution in [1.82, 2.24) is 0 Å². The molecule has 156 valence electrons. The van der Waals surface area contributed by atoms with Crippen molar-refractivity contribution in [3.05, 3.63) is 61.2 Å². The molecular weight excluding hydrogens is 364 g/mol. The molecule has 0 aliphatic rings. The Kier molecular flexibility index (Phi) is 10.2. The summed E-state index contributed by atoms with van der Waals surface area (Å²) in [6.07, 6.45) is 7.78. The fourth-order valence-electron chi connectivity index (χ4n) is 2.79. The summed E-state index contributed by atoms with van der Waals surface area (Å²) >= 11 is 0. The van der Waals surface area contributed by atoms with E-state index in [4.69, 9.17) is 9.47 Å². The smallest absolute Gasteiger partial charge is 0.243 e. The molecule has 0 aliphatic heterocycles. The lowest BCUT2D eigenvalue weighted by Crippen LogP contribution is -2.22. The molecular formula is C24H32N2O3. The second-order valence-corrected chi connectivity index (χ2v) is 6.78. The molecule has 5 nitrogen and oxygen atoms in total. The minimum absolute atomic E-state index is 0.146. The average molecular weight is 397 g/mol. The summed E-state index contributed by atoms with van der Waals surface area (Å²) in [5.74, 6) is 1.33. The van der Waals surface area contributed by atoms with E-state index in [-0.39, 0.29) is 12.5 Å². The van der Waals surface area contributed by atoms with Crippen LogP contribution in [0.15, 0.2) is 61.2 Å². The molecule has 2 aromatic rings. The monoisotopic (exact) mass is 396 g/mol. The molecule has 1 amide bonds. The third kappa shape index (κ3) is 8.73. The van der Waals surface area contributed by atoms with Crippen molar-refractivity contribution in [3.8, 4) is 11.5 Å². The van der Waals surface area contributed by atoms with Gasteiger partial charge in [0, 0.05) is 5.69 Å². The van der Waals surface area contributed by atoms with Gasteiger partial charge in [-0.2, -0.15) is 0 Å². The zero-order valence-electron chi connectivity index (χ0n) is 17.3. The van der Waals surface area contributed by atoms with Gasteiger partial charge in [0.1, 0.15) is 18.1 Å². The van der Waals surface area contributed by atoms with E-state index in [2.05, 4.69) is 24.1 Å². The number of anilines is 2. The van der Waals surface area contributed by atoms with Crippen LogP contribution in [0.1, 0.15) is 39.0 Å². The van der Waals surface area contributed by atoms with Crippen molar-refractivity contribution in [2.75, 3.05) is 30.4 Å². The van der Waals surface area contributed by atoms with Crippen molar-refractivity contribution < 1.29 is 14.3 Å². The molecule has 5 heteroatoms. The minimum atomic E-state index is -0.146. The predicted molar refractivity (Wildman–Crippen MR) is 120 cm³/mol. The average Bonchev–Trinajstić information content (AvgIpc) is 2.75. The highest BCUT2D eigenvalue weighted by Gasteiger charge is 2.07. The first kappa shape index (κ1) is 22.3. The Hall–Kier alpha value is -2.95. The third-order valence-corrected chi connectivity index (χ3v) is 4.34. The molecule has 2 N–H and O–H groups in total. The number of carbonyl (C=O) groups excluding carboxylic acids is 1. The van der Waals surface area contributed by atoms with Crippen LogP contribution in [0.4, 0.5) is 11.4 Å². The number of nitrogens with one attached hydrogen (secondary N) is 2. The number of rotatable bonds is 14. The van der Waals surface area contributed by atoms with Gasteiger partial charge in [0.05, 0.1) is 18.8 Å². The van der Waals surface area contributed by atoms with Crippen LogP contribution in [0, 0.1) is 0 Å². The van der Waals surface area contributed by atoms with Crippen molar-refractivity contribution in [2.24, 2.45) is 0 Å². The summed E-state index contributed by atoms with van der Waals surface area (Å²) in [6, 6.07) is 15.0. The zero-order valence-corrected chi connectivity index (χ0v) is 17.3. The van der Waals surface area contributed by atoms with Crippen LogP contribution in [0.3, 0.4) is 0 Å². The molecule has 2 rings (SSSR count). The minimum Gasteiger partial charge on any atom is -0.494 e. The van der Waals surface area contributed by atoms with E-state index in [1.54, 1.807) is 6.08 Å². The molecule has 0 heterocycles. The van der Waals surface area contributed by atoms with Gasteiger partial charge in [0.2, 0.25) is 5.91 Å². The first-order valence-electron chi connectivity index (χ1n) is 10.3. The summed E-state index contributed by atoms with van der Waals surface area (Å²) < 4.78 is 11.3. The molecule has 0 saturated heterocycles. The molecule has 29 heavy (non-hydrogen) atoms. The summed E-state index contributed by atoms with van der Waals surface area (Å²) in [6.45, 7) is 7.14. The van der Waals surface area contributed by atoms with Crippen LogP contribution < -0.4 is 20.1 Å². The van der Waals surface area contributed by atoms with Crippen LogP contribution in [-0.2, 0) is 4.79 Å². The van der Waals surface area contributed by atoms with Gasteiger partial charge in [0.15, 0.2) is 0 Å². The first-order chi connectivity index (χ1) is 14.2. The van der Waals surface area contributed by atoms with Crippen molar-refractivity contribution in [3.63, 3.8) is 0 Å². The van der Waals surface area contributed by atoms with Gasteiger partial charge in [-0.25, -0.2) is 0 Å². The molecule has 0 saturated carbocycles. The van der Waals surface area contributed by atoms with E-state index in [1.165, 1.54) is 25.7 Å². The number of carbonyl (C=O) groups is 1. The lowest BCUT2D eigenvalue weighted by atomic mass is 10.2. The SMILES string of the molecule is C=CCOc1ccccc1NC(=O)CNc1ccc(OCCCCCCC)cc1. The first-order valence-corrected chi connectivity index (χ1v) is 10.3. The summed E-state index contributed by atoms with van der Waals surface area (Å²) in [5.41, 5.74) is 1.51. The van der Waals surface area contributed by atoms with Gasteiger partial charge < -0.3 is 20.1 Å². The summed E-state index contributed by atoms with van der Waals surface area (Å²) in [4.78, 5) is 12.3.